The van der Waals surface area contributed by atoms with Gasteiger partial charge >= 0.3 is 0 Å². The topological polar surface area (TPSA) is 131 Å². The Kier molecular flexibility index (Phi) is 7.67. The van der Waals surface area contributed by atoms with Crippen LogP contribution in [0.15, 0.2) is 41.6 Å². The van der Waals surface area contributed by atoms with Gasteiger partial charge in [-0.2, -0.15) is 5.26 Å². The van der Waals surface area contributed by atoms with Crippen molar-refractivity contribution in [2.24, 2.45) is 5.92 Å². The molecule has 1 aromatic rings. The van der Waals surface area contributed by atoms with Crippen molar-refractivity contribution in [2.75, 3.05) is 19.8 Å². The van der Waals surface area contributed by atoms with E-state index in [2.05, 4.69) is 33.5 Å². The van der Waals surface area contributed by atoms with Crippen LogP contribution in [-0.4, -0.2) is 57.0 Å². The molecule has 8 heteroatoms. The molecule has 0 radical (unpaired) electrons. The number of rotatable bonds is 9. The summed E-state index contributed by atoms with van der Waals surface area (Å²) in [7, 11) is 0. The van der Waals surface area contributed by atoms with Gasteiger partial charge in [0.1, 0.15) is 6.07 Å². The van der Waals surface area contributed by atoms with Crippen LogP contribution in [0.5, 0.6) is 0 Å². The lowest BCUT2D eigenvalue weighted by molar-refractivity contribution is -0.181. The van der Waals surface area contributed by atoms with Crippen LogP contribution in [0.3, 0.4) is 0 Å². The molecule has 0 aromatic carbocycles. The summed E-state index contributed by atoms with van der Waals surface area (Å²) >= 11 is 0. The number of aromatic amines is 1. The van der Waals surface area contributed by atoms with Gasteiger partial charge in [-0.25, -0.2) is 4.98 Å². The Hall–Kier alpha value is -2.73. The molecule has 182 valence electrons. The summed E-state index contributed by atoms with van der Waals surface area (Å²) in [6.45, 7) is 0.232. The molecule has 2 fully saturated rings. The van der Waals surface area contributed by atoms with Gasteiger partial charge in [0.2, 0.25) is 0 Å². The van der Waals surface area contributed by atoms with E-state index < -0.39 is 11.2 Å². The predicted molar refractivity (Wildman–Crippen MR) is 127 cm³/mol. The van der Waals surface area contributed by atoms with Crippen molar-refractivity contribution in [3.05, 3.63) is 53.2 Å². The van der Waals surface area contributed by atoms with E-state index in [1.807, 2.05) is 12.1 Å². The third kappa shape index (κ3) is 5.49. The van der Waals surface area contributed by atoms with Crippen LogP contribution in [0.4, 0.5) is 0 Å². The number of fused-ring (bicyclic) bond motifs is 2. The van der Waals surface area contributed by atoms with E-state index in [1.54, 1.807) is 0 Å². The van der Waals surface area contributed by atoms with Gasteiger partial charge in [-0.1, -0.05) is 29.9 Å². The Morgan fingerprint density at radius 3 is 2.68 bits per heavy atom. The zero-order valence-electron chi connectivity index (χ0n) is 19.6. The summed E-state index contributed by atoms with van der Waals surface area (Å²) in [5.74, 6) is -0.0951. The highest BCUT2D eigenvalue weighted by molar-refractivity contribution is 5.90. The van der Waals surface area contributed by atoms with E-state index in [-0.39, 0.29) is 36.6 Å². The summed E-state index contributed by atoms with van der Waals surface area (Å²) in [5.41, 5.74) is 1.61. The number of hydrogen-bond donors (Lipinski definition) is 4. The van der Waals surface area contributed by atoms with Crippen LogP contribution in [0.2, 0.25) is 0 Å². The number of H-pyrrole nitrogens is 1. The number of nitriles is 1. The van der Waals surface area contributed by atoms with Crippen LogP contribution >= 0.6 is 0 Å². The lowest BCUT2D eigenvalue weighted by Crippen LogP contribution is -2.48. The number of aromatic nitrogens is 2. The van der Waals surface area contributed by atoms with Crippen molar-refractivity contribution in [3.63, 3.8) is 0 Å². The SMILES string of the molecule is N#Cc1c[nH]c(C(=O)NC/C=C\C(=C/CC2=CCCCC2)[C@H]2C[C@]3(CO)CC[C@](CO)(C2)O3)n1. The number of aliphatic hydroxyl groups is 2. The maximum atomic E-state index is 12.3. The van der Waals surface area contributed by atoms with Gasteiger partial charge in [0.15, 0.2) is 11.5 Å². The van der Waals surface area contributed by atoms with Crippen LogP contribution in [0.1, 0.15) is 74.1 Å². The van der Waals surface area contributed by atoms with E-state index in [9.17, 15) is 15.0 Å². The summed E-state index contributed by atoms with van der Waals surface area (Å²) in [6.07, 6.45) is 18.6. The molecule has 4 rings (SSSR count). The van der Waals surface area contributed by atoms with Gasteiger partial charge < -0.3 is 25.3 Å². The lowest BCUT2D eigenvalue weighted by atomic mass is 9.78. The zero-order chi connectivity index (χ0) is 24.0. The maximum Gasteiger partial charge on any atom is 0.287 e. The third-order valence-corrected chi connectivity index (χ3v) is 7.34. The summed E-state index contributed by atoms with van der Waals surface area (Å²) in [6, 6.07) is 1.90. The minimum atomic E-state index is -0.589. The van der Waals surface area contributed by atoms with Crippen molar-refractivity contribution in [3.8, 4) is 6.07 Å². The highest BCUT2D eigenvalue weighted by Crippen LogP contribution is 2.52. The van der Waals surface area contributed by atoms with E-state index in [0.717, 1.165) is 50.5 Å². The molecule has 3 heterocycles. The fourth-order valence-electron chi connectivity index (χ4n) is 5.50. The van der Waals surface area contributed by atoms with Crippen molar-refractivity contribution < 1.29 is 19.7 Å². The van der Waals surface area contributed by atoms with Crippen molar-refractivity contribution in [2.45, 2.75) is 69.0 Å². The first-order valence-corrected chi connectivity index (χ1v) is 12.2. The fraction of sp³-hybridized carbons (Fsp3) is 0.577. The second-order valence-corrected chi connectivity index (χ2v) is 9.76. The molecule has 1 aliphatic carbocycles. The van der Waals surface area contributed by atoms with Gasteiger partial charge in [-0.05, 0) is 69.3 Å². The number of allylic oxidation sites excluding steroid dienone is 5. The van der Waals surface area contributed by atoms with Crippen LogP contribution in [-0.2, 0) is 4.74 Å². The van der Waals surface area contributed by atoms with Gasteiger partial charge in [-0.15, -0.1) is 0 Å². The lowest BCUT2D eigenvalue weighted by Gasteiger charge is -2.43. The van der Waals surface area contributed by atoms with E-state index in [1.165, 1.54) is 24.6 Å². The number of hydrogen-bond acceptors (Lipinski definition) is 6. The van der Waals surface area contributed by atoms with Crippen molar-refractivity contribution in [1.82, 2.24) is 15.3 Å². The normalized spacial score (nSPS) is 29.1. The Labute approximate surface area is 200 Å². The molecule has 2 aliphatic heterocycles. The largest absolute Gasteiger partial charge is 0.393 e. The number of amides is 1. The summed E-state index contributed by atoms with van der Waals surface area (Å²) in [4.78, 5) is 18.9. The predicted octanol–water partition coefficient (Wildman–Crippen LogP) is 3.07. The number of nitrogens with one attached hydrogen (secondary N) is 2. The van der Waals surface area contributed by atoms with Crippen molar-refractivity contribution in [1.29, 1.82) is 5.26 Å². The van der Waals surface area contributed by atoms with Gasteiger partial charge in [0.05, 0.1) is 24.4 Å². The van der Waals surface area contributed by atoms with E-state index >= 15 is 0 Å². The number of imidazole rings is 1. The Morgan fingerprint density at radius 2 is 2.06 bits per heavy atom. The average molecular weight is 467 g/mol. The highest BCUT2D eigenvalue weighted by atomic mass is 16.6. The number of aliphatic hydroxyl groups excluding tert-OH is 2. The molecule has 2 saturated heterocycles. The number of carbonyl (C=O) groups is 1. The van der Waals surface area contributed by atoms with Gasteiger partial charge in [0, 0.05) is 12.7 Å². The minimum Gasteiger partial charge on any atom is -0.393 e. The molecule has 8 nitrogen and oxygen atoms in total. The molecule has 34 heavy (non-hydrogen) atoms. The standard InChI is InChI=1S/C26H34N4O4/c27-15-22-16-29-23(30-22)24(33)28-12-4-7-20(9-8-19-5-2-1-3-6-19)21-13-25(17-31)10-11-26(14-21,18-32)34-25/h4-5,7,9,16,21,31-32H,1-3,6,8,10-14,17-18H2,(H,28,33)(H,29,30)/b7-4-,20-9+/t21-,25-,26+. The zero-order valence-corrected chi connectivity index (χ0v) is 19.6. The molecule has 1 amide bonds. The summed E-state index contributed by atoms with van der Waals surface area (Å²) in [5, 5.41) is 31.8. The molecule has 3 atom stereocenters. The first-order valence-electron chi connectivity index (χ1n) is 12.2. The van der Waals surface area contributed by atoms with Crippen molar-refractivity contribution >= 4 is 5.91 Å². The number of nitrogens with zero attached hydrogens (tertiary/aromatic N) is 2. The third-order valence-electron chi connectivity index (χ3n) is 7.34. The molecule has 2 bridgehead atoms. The fourth-order valence-corrected chi connectivity index (χ4v) is 5.50. The molecule has 0 saturated carbocycles. The smallest absolute Gasteiger partial charge is 0.287 e. The quantitative estimate of drug-likeness (QED) is 0.327. The highest BCUT2D eigenvalue weighted by Gasteiger charge is 2.55. The maximum absolute atomic E-state index is 12.3. The Balaban J connectivity index is 1.47. The molecule has 0 unspecified atom stereocenters. The molecule has 3 aliphatic rings. The van der Waals surface area contributed by atoms with Gasteiger partial charge in [0.25, 0.3) is 5.91 Å². The second-order valence-electron chi connectivity index (χ2n) is 9.76. The van der Waals surface area contributed by atoms with Crippen LogP contribution in [0, 0.1) is 17.2 Å². The van der Waals surface area contributed by atoms with Crippen LogP contribution < -0.4 is 5.32 Å². The Morgan fingerprint density at radius 1 is 1.29 bits per heavy atom. The average Bonchev–Trinajstić information content (AvgIpc) is 3.47. The summed E-state index contributed by atoms with van der Waals surface area (Å²) < 4.78 is 6.21. The first kappa shape index (κ1) is 24.4. The van der Waals surface area contributed by atoms with Crippen LogP contribution in [0.25, 0.3) is 0 Å². The van der Waals surface area contributed by atoms with E-state index in [4.69, 9.17) is 10.00 Å². The Bertz CT molecular complexity index is 1000. The van der Waals surface area contributed by atoms with E-state index in [0.29, 0.717) is 6.54 Å². The number of ether oxygens (including phenoxy) is 1. The molecule has 4 N–H and O–H groups in total. The first-order chi connectivity index (χ1) is 16.5. The second kappa shape index (κ2) is 10.7. The number of carbonyl (C=O) groups excluding carboxylic acids is 1. The molecular formula is C26H34N4O4. The molecule has 0 spiro atoms. The monoisotopic (exact) mass is 466 g/mol. The van der Waals surface area contributed by atoms with Gasteiger partial charge in [-0.3, -0.25) is 4.79 Å². The molecular weight excluding hydrogens is 432 g/mol. The molecule has 1 aromatic heterocycles. The minimum absolute atomic E-state index is 0.0444.